The Morgan fingerprint density at radius 1 is 1.60 bits per heavy atom. The van der Waals surface area contributed by atoms with Crippen molar-refractivity contribution in [1.82, 2.24) is 10.4 Å². The van der Waals surface area contributed by atoms with Gasteiger partial charge in [0, 0.05) is 31.6 Å². The van der Waals surface area contributed by atoms with Crippen molar-refractivity contribution >= 4 is 0 Å². The highest BCUT2D eigenvalue weighted by Crippen LogP contribution is 2.19. The Bertz CT molecular complexity index is 291. The number of methoxy groups -OCH3 is 1. The van der Waals surface area contributed by atoms with Crippen LogP contribution in [0.25, 0.3) is 0 Å². The third-order valence-corrected chi connectivity index (χ3v) is 2.47. The summed E-state index contributed by atoms with van der Waals surface area (Å²) in [5.41, 5.74) is 5.01. The zero-order valence-electron chi connectivity index (χ0n) is 9.36. The number of nitrogens with two attached hydrogens (primary N) is 1. The second-order valence-electron chi connectivity index (χ2n) is 3.53. The lowest BCUT2D eigenvalue weighted by Crippen LogP contribution is -2.29. The number of nitrogens with one attached hydrogen (secondary N) is 1. The molecular formula is C11H19N3O. The van der Waals surface area contributed by atoms with Gasteiger partial charge in [-0.25, -0.2) is 0 Å². The summed E-state index contributed by atoms with van der Waals surface area (Å²) in [7, 11) is 1.71. The summed E-state index contributed by atoms with van der Waals surface area (Å²) in [6.07, 6.45) is 3.73. The fraction of sp³-hybridized carbons (Fsp3) is 0.545. The van der Waals surface area contributed by atoms with Gasteiger partial charge in [0.1, 0.15) is 0 Å². The van der Waals surface area contributed by atoms with Crippen LogP contribution in [-0.2, 0) is 4.74 Å². The van der Waals surface area contributed by atoms with Crippen molar-refractivity contribution in [3.63, 3.8) is 0 Å². The molecule has 0 radical (unpaired) electrons. The Hall–Kier alpha value is -0.970. The van der Waals surface area contributed by atoms with Gasteiger partial charge in [-0.1, -0.05) is 6.07 Å². The van der Waals surface area contributed by atoms with Gasteiger partial charge in [-0.3, -0.25) is 16.3 Å². The van der Waals surface area contributed by atoms with Crippen LogP contribution in [0.3, 0.4) is 0 Å². The Kier molecular flexibility index (Phi) is 5.25. The van der Waals surface area contributed by atoms with E-state index in [4.69, 9.17) is 10.6 Å². The van der Waals surface area contributed by atoms with E-state index in [1.807, 2.05) is 13.0 Å². The van der Waals surface area contributed by atoms with Gasteiger partial charge in [0.05, 0.1) is 0 Å². The minimum Gasteiger partial charge on any atom is -0.385 e. The summed E-state index contributed by atoms with van der Waals surface area (Å²) in [6.45, 7) is 2.76. The van der Waals surface area contributed by atoms with E-state index >= 15 is 0 Å². The Labute approximate surface area is 90.8 Å². The van der Waals surface area contributed by atoms with Gasteiger partial charge in [0.15, 0.2) is 0 Å². The summed E-state index contributed by atoms with van der Waals surface area (Å²) in [5.74, 6) is 5.54. The molecule has 4 nitrogen and oxygen atoms in total. The number of nitrogens with zero attached hydrogens (tertiary/aromatic N) is 1. The van der Waals surface area contributed by atoms with E-state index in [0.717, 1.165) is 30.7 Å². The molecule has 1 unspecified atom stereocenters. The first kappa shape index (κ1) is 12.1. The number of hydrazine groups is 1. The molecule has 1 aromatic rings. The smallest absolute Gasteiger partial charge is 0.0478 e. The third kappa shape index (κ3) is 3.58. The first-order valence-electron chi connectivity index (χ1n) is 5.16. The molecule has 0 saturated carbocycles. The molecule has 0 aliphatic carbocycles. The normalized spacial score (nSPS) is 12.7. The molecule has 0 spiro atoms. The third-order valence-electron chi connectivity index (χ3n) is 2.47. The topological polar surface area (TPSA) is 60.2 Å². The molecule has 0 fully saturated rings. The quantitative estimate of drug-likeness (QED) is 0.421. The van der Waals surface area contributed by atoms with E-state index in [1.165, 1.54) is 0 Å². The number of rotatable bonds is 6. The fourth-order valence-electron chi connectivity index (χ4n) is 1.63. The molecule has 0 aliphatic rings. The van der Waals surface area contributed by atoms with E-state index in [2.05, 4.69) is 16.5 Å². The van der Waals surface area contributed by atoms with Crippen molar-refractivity contribution in [2.75, 3.05) is 13.7 Å². The second-order valence-corrected chi connectivity index (χ2v) is 3.53. The lowest BCUT2D eigenvalue weighted by molar-refractivity contribution is 0.188. The molecule has 1 aromatic heterocycles. The Morgan fingerprint density at radius 2 is 2.40 bits per heavy atom. The molecular weight excluding hydrogens is 190 g/mol. The van der Waals surface area contributed by atoms with Crippen molar-refractivity contribution in [3.05, 3.63) is 29.6 Å². The van der Waals surface area contributed by atoms with E-state index in [9.17, 15) is 0 Å². The van der Waals surface area contributed by atoms with E-state index < -0.39 is 0 Å². The summed E-state index contributed by atoms with van der Waals surface area (Å²) >= 11 is 0. The lowest BCUT2D eigenvalue weighted by Gasteiger charge is -2.17. The van der Waals surface area contributed by atoms with Crippen LogP contribution in [0.15, 0.2) is 18.3 Å². The van der Waals surface area contributed by atoms with Crippen LogP contribution in [0.5, 0.6) is 0 Å². The standard InChI is InChI=1S/C11H19N3O/c1-9-10(5-3-7-13-9)11(14-12)6-4-8-15-2/h3,5,7,11,14H,4,6,8,12H2,1-2H3. The highest BCUT2D eigenvalue weighted by Gasteiger charge is 2.11. The van der Waals surface area contributed by atoms with Crippen LogP contribution in [-0.4, -0.2) is 18.7 Å². The van der Waals surface area contributed by atoms with Crippen LogP contribution in [0.4, 0.5) is 0 Å². The van der Waals surface area contributed by atoms with Gasteiger partial charge in [-0.15, -0.1) is 0 Å². The number of ether oxygens (including phenoxy) is 1. The van der Waals surface area contributed by atoms with Gasteiger partial charge >= 0.3 is 0 Å². The number of aromatic nitrogens is 1. The first-order valence-corrected chi connectivity index (χ1v) is 5.16. The van der Waals surface area contributed by atoms with Gasteiger partial charge < -0.3 is 4.74 Å². The monoisotopic (exact) mass is 209 g/mol. The maximum absolute atomic E-state index is 5.54. The van der Waals surface area contributed by atoms with Gasteiger partial charge in [-0.2, -0.15) is 0 Å². The minimum atomic E-state index is 0.161. The molecule has 0 amide bonds. The highest BCUT2D eigenvalue weighted by molar-refractivity contribution is 5.22. The molecule has 3 N–H and O–H groups in total. The number of hydrogen-bond acceptors (Lipinski definition) is 4. The maximum Gasteiger partial charge on any atom is 0.0478 e. The van der Waals surface area contributed by atoms with Gasteiger partial charge in [0.25, 0.3) is 0 Å². The molecule has 1 heterocycles. The second kappa shape index (κ2) is 6.50. The zero-order chi connectivity index (χ0) is 11.1. The van der Waals surface area contributed by atoms with Crippen molar-refractivity contribution in [2.45, 2.75) is 25.8 Å². The van der Waals surface area contributed by atoms with Crippen LogP contribution >= 0.6 is 0 Å². The molecule has 0 bridgehead atoms. The van der Waals surface area contributed by atoms with Crippen molar-refractivity contribution in [3.8, 4) is 0 Å². The highest BCUT2D eigenvalue weighted by atomic mass is 16.5. The molecule has 1 rings (SSSR count). The maximum atomic E-state index is 5.54. The molecule has 4 heteroatoms. The predicted octanol–water partition coefficient (Wildman–Crippen LogP) is 1.32. The SMILES string of the molecule is COCCCC(NN)c1cccnc1C. The molecule has 84 valence electrons. The number of hydrogen-bond donors (Lipinski definition) is 2. The fourth-order valence-corrected chi connectivity index (χ4v) is 1.63. The molecule has 15 heavy (non-hydrogen) atoms. The van der Waals surface area contributed by atoms with E-state index in [-0.39, 0.29) is 6.04 Å². The molecule has 0 aliphatic heterocycles. The Balaban J connectivity index is 2.61. The molecule has 0 saturated heterocycles. The average Bonchev–Trinajstić information content (AvgIpc) is 2.26. The van der Waals surface area contributed by atoms with Crippen molar-refractivity contribution in [1.29, 1.82) is 0 Å². The lowest BCUT2D eigenvalue weighted by atomic mass is 10.0. The van der Waals surface area contributed by atoms with Crippen LogP contribution in [0.1, 0.15) is 30.1 Å². The largest absolute Gasteiger partial charge is 0.385 e. The average molecular weight is 209 g/mol. The number of aryl methyl sites for hydroxylation is 1. The minimum absolute atomic E-state index is 0.161. The molecule has 0 aromatic carbocycles. The van der Waals surface area contributed by atoms with Crippen LogP contribution in [0.2, 0.25) is 0 Å². The van der Waals surface area contributed by atoms with Crippen LogP contribution in [0, 0.1) is 6.92 Å². The summed E-state index contributed by atoms with van der Waals surface area (Å²) < 4.78 is 5.02. The van der Waals surface area contributed by atoms with Crippen LogP contribution < -0.4 is 11.3 Å². The first-order chi connectivity index (χ1) is 7.29. The number of pyridine rings is 1. The zero-order valence-corrected chi connectivity index (χ0v) is 9.36. The van der Waals surface area contributed by atoms with E-state index in [1.54, 1.807) is 13.3 Å². The molecule has 1 atom stereocenters. The van der Waals surface area contributed by atoms with E-state index in [0.29, 0.717) is 0 Å². The summed E-state index contributed by atoms with van der Waals surface area (Å²) in [6, 6.07) is 4.15. The predicted molar refractivity (Wildman–Crippen MR) is 60.1 cm³/mol. The van der Waals surface area contributed by atoms with Crippen molar-refractivity contribution in [2.24, 2.45) is 5.84 Å². The Morgan fingerprint density at radius 3 is 3.00 bits per heavy atom. The van der Waals surface area contributed by atoms with Gasteiger partial charge in [-0.05, 0) is 31.4 Å². The summed E-state index contributed by atoms with van der Waals surface area (Å²) in [5, 5.41) is 0. The van der Waals surface area contributed by atoms with Crippen molar-refractivity contribution < 1.29 is 4.74 Å². The van der Waals surface area contributed by atoms with Gasteiger partial charge in [0.2, 0.25) is 0 Å². The summed E-state index contributed by atoms with van der Waals surface area (Å²) in [4.78, 5) is 4.25.